The summed E-state index contributed by atoms with van der Waals surface area (Å²) in [7, 11) is 1.63. The number of amides is 1. The Balaban J connectivity index is 1.91. The minimum absolute atomic E-state index is 0.0217. The van der Waals surface area contributed by atoms with Crippen LogP contribution in [0.1, 0.15) is 18.4 Å². The van der Waals surface area contributed by atoms with Crippen LogP contribution in [0.2, 0.25) is 0 Å². The number of nitrogens with one attached hydrogen (secondary N) is 1. The fourth-order valence-electron chi connectivity index (χ4n) is 2.67. The van der Waals surface area contributed by atoms with E-state index in [4.69, 9.17) is 0 Å². The molecule has 122 valence electrons. The molecule has 0 aromatic heterocycles. The topological polar surface area (TPSA) is 41.6 Å². The number of hydrogen-bond acceptors (Lipinski definition) is 3. The van der Waals surface area contributed by atoms with Crippen LogP contribution < -0.4 is 10.1 Å². The molecule has 22 heavy (non-hydrogen) atoms. The third-order valence-corrected chi connectivity index (χ3v) is 3.69. The van der Waals surface area contributed by atoms with E-state index >= 15 is 0 Å². The Hall–Kier alpha value is -1.76. The molecule has 1 aromatic rings. The summed E-state index contributed by atoms with van der Waals surface area (Å²) >= 11 is 0. The van der Waals surface area contributed by atoms with E-state index in [1.807, 2.05) is 0 Å². The van der Waals surface area contributed by atoms with Gasteiger partial charge in [-0.25, -0.2) is 0 Å². The van der Waals surface area contributed by atoms with E-state index in [-0.39, 0.29) is 17.6 Å². The molecule has 1 saturated heterocycles. The lowest BCUT2D eigenvalue weighted by molar-refractivity contribution is -0.274. The van der Waals surface area contributed by atoms with E-state index in [0.29, 0.717) is 13.1 Å². The van der Waals surface area contributed by atoms with E-state index in [9.17, 15) is 18.0 Å². The van der Waals surface area contributed by atoms with Gasteiger partial charge in [0.05, 0.1) is 5.92 Å². The monoisotopic (exact) mass is 316 g/mol. The Morgan fingerprint density at radius 3 is 2.64 bits per heavy atom. The summed E-state index contributed by atoms with van der Waals surface area (Å²) in [6, 6.07) is 5.85. The molecule has 1 aromatic carbocycles. The third-order valence-electron chi connectivity index (χ3n) is 3.69. The highest BCUT2D eigenvalue weighted by atomic mass is 19.4. The van der Waals surface area contributed by atoms with Gasteiger partial charge in [0.1, 0.15) is 5.75 Å². The second-order valence-corrected chi connectivity index (χ2v) is 5.38. The minimum Gasteiger partial charge on any atom is -0.406 e. The van der Waals surface area contributed by atoms with E-state index in [1.165, 1.54) is 12.1 Å². The van der Waals surface area contributed by atoms with Crippen molar-refractivity contribution < 1.29 is 22.7 Å². The van der Waals surface area contributed by atoms with Crippen molar-refractivity contribution in [3.8, 4) is 5.75 Å². The van der Waals surface area contributed by atoms with Gasteiger partial charge in [-0.15, -0.1) is 13.2 Å². The van der Waals surface area contributed by atoms with E-state index in [2.05, 4.69) is 15.0 Å². The smallest absolute Gasteiger partial charge is 0.406 e. The molecule has 2 rings (SSSR count). The van der Waals surface area contributed by atoms with Gasteiger partial charge in [-0.2, -0.15) is 0 Å². The number of nitrogens with zero attached hydrogens (tertiary/aromatic N) is 1. The lowest BCUT2D eigenvalue weighted by Gasteiger charge is -2.31. The molecule has 1 aliphatic rings. The predicted molar refractivity (Wildman–Crippen MR) is 75.2 cm³/mol. The van der Waals surface area contributed by atoms with Gasteiger partial charge in [0.25, 0.3) is 0 Å². The van der Waals surface area contributed by atoms with Gasteiger partial charge in [-0.3, -0.25) is 9.69 Å². The Morgan fingerprint density at radius 2 is 2.05 bits per heavy atom. The number of alkyl halides is 3. The quantitative estimate of drug-likeness (QED) is 0.928. The highest BCUT2D eigenvalue weighted by Crippen LogP contribution is 2.24. The molecule has 1 amide bonds. The Morgan fingerprint density at radius 1 is 1.36 bits per heavy atom. The third kappa shape index (κ3) is 4.91. The lowest BCUT2D eigenvalue weighted by Crippen LogP contribution is -2.41. The molecule has 0 aliphatic carbocycles. The van der Waals surface area contributed by atoms with Crippen LogP contribution in [0.3, 0.4) is 0 Å². The van der Waals surface area contributed by atoms with Crippen LogP contribution in [0.15, 0.2) is 24.3 Å². The molecule has 1 atom stereocenters. The Bertz CT molecular complexity index is 503. The number of piperidine rings is 1. The van der Waals surface area contributed by atoms with Crippen molar-refractivity contribution >= 4 is 5.91 Å². The first-order chi connectivity index (χ1) is 10.4. The zero-order chi connectivity index (χ0) is 16.2. The maximum absolute atomic E-state index is 12.1. The fraction of sp³-hybridized carbons (Fsp3) is 0.533. The van der Waals surface area contributed by atoms with Gasteiger partial charge in [-0.1, -0.05) is 12.1 Å². The van der Waals surface area contributed by atoms with Gasteiger partial charge in [0.15, 0.2) is 0 Å². The standard InChI is InChI=1S/C15H19F3N2O2/c1-19-14(21)12-3-2-8-20(10-12)9-11-4-6-13(7-5-11)22-15(16,17)18/h4-7,12H,2-3,8-10H2,1H3,(H,19,21). The van der Waals surface area contributed by atoms with Gasteiger partial charge in [0, 0.05) is 20.1 Å². The normalized spacial score (nSPS) is 19.7. The first kappa shape index (κ1) is 16.6. The molecule has 7 heteroatoms. The number of ether oxygens (including phenoxy) is 1. The second kappa shape index (κ2) is 7.00. The summed E-state index contributed by atoms with van der Waals surface area (Å²) in [6.45, 7) is 2.16. The summed E-state index contributed by atoms with van der Waals surface area (Å²) in [4.78, 5) is 13.8. The van der Waals surface area contributed by atoms with Gasteiger partial charge >= 0.3 is 6.36 Å². The Kier molecular flexibility index (Phi) is 5.28. The summed E-state index contributed by atoms with van der Waals surface area (Å²) in [6.07, 6.45) is -2.86. The van der Waals surface area contributed by atoms with Crippen LogP contribution in [-0.2, 0) is 11.3 Å². The van der Waals surface area contributed by atoms with Crippen LogP contribution >= 0.6 is 0 Å². The summed E-state index contributed by atoms with van der Waals surface area (Å²) in [5.74, 6) is -0.205. The molecule has 0 bridgehead atoms. The number of halogens is 3. The van der Waals surface area contributed by atoms with Gasteiger partial charge < -0.3 is 10.1 Å². The zero-order valence-electron chi connectivity index (χ0n) is 12.3. The second-order valence-electron chi connectivity index (χ2n) is 5.38. The molecule has 0 spiro atoms. The average Bonchev–Trinajstić information content (AvgIpc) is 2.47. The van der Waals surface area contributed by atoms with Crippen LogP contribution in [-0.4, -0.2) is 37.3 Å². The molecular formula is C15H19F3N2O2. The SMILES string of the molecule is CNC(=O)C1CCCN(Cc2ccc(OC(F)(F)F)cc2)C1. The molecule has 1 aliphatic heterocycles. The van der Waals surface area contributed by atoms with Crippen LogP contribution in [0.5, 0.6) is 5.75 Å². The molecule has 4 nitrogen and oxygen atoms in total. The van der Waals surface area contributed by atoms with Crippen molar-refractivity contribution in [1.82, 2.24) is 10.2 Å². The number of rotatable bonds is 4. The summed E-state index contributed by atoms with van der Waals surface area (Å²) < 4.78 is 40.1. The number of hydrogen-bond donors (Lipinski definition) is 1. The highest BCUT2D eigenvalue weighted by molar-refractivity contribution is 5.78. The maximum atomic E-state index is 12.1. The largest absolute Gasteiger partial charge is 0.573 e. The van der Waals surface area contributed by atoms with Crippen LogP contribution in [0.25, 0.3) is 0 Å². The number of carbonyl (C=O) groups excluding carboxylic acids is 1. The predicted octanol–water partition coefficient (Wildman–Crippen LogP) is 2.54. The minimum atomic E-state index is -4.67. The van der Waals surface area contributed by atoms with Crippen molar-refractivity contribution in [2.75, 3.05) is 20.1 Å². The van der Waals surface area contributed by atoms with E-state index in [0.717, 1.165) is 24.9 Å². The van der Waals surface area contributed by atoms with Gasteiger partial charge in [-0.05, 0) is 37.1 Å². The van der Waals surface area contributed by atoms with Crippen molar-refractivity contribution in [3.63, 3.8) is 0 Å². The number of carbonyl (C=O) groups is 1. The van der Waals surface area contributed by atoms with Crippen molar-refractivity contribution in [2.24, 2.45) is 5.92 Å². The molecule has 1 heterocycles. The average molecular weight is 316 g/mol. The molecule has 0 saturated carbocycles. The first-order valence-corrected chi connectivity index (χ1v) is 7.16. The summed E-state index contributed by atoms with van der Waals surface area (Å²) in [5, 5.41) is 2.66. The van der Waals surface area contributed by atoms with Gasteiger partial charge in [0.2, 0.25) is 5.91 Å². The van der Waals surface area contributed by atoms with Crippen molar-refractivity contribution in [2.45, 2.75) is 25.7 Å². The fourth-order valence-corrected chi connectivity index (χ4v) is 2.67. The maximum Gasteiger partial charge on any atom is 0.573 e. The number of likely N-dealkylation sites (tertiary alicyclic amines) is 1. The molecule has 0 radical (unpaired) electrons. The Labute approximate surface area is 127 Å². The van der Waals surface area contributed by atoms with E-state index in [1.54, 1.807) is 19.2 Å². The molecule has 1 N–H and O–H groups in total. The van der Waals surface area contributed by atoms with Crippen LogP contribution in [0, 0.1) is 5.92 Å². The molecular weight excluding hydrogens is 297 g/mol. The lowest BCUT2D eigenvalue weighted by atomic mass is 9.97. The molecule has 1 fully saturated rings. The van der Waals surface area contributed by atoms with Crippen LogP contribution in [0.4, 0.5) is 13.2 Å². The first-order valence-electron chi connectivity index (χ1n) is 7.16. The number of benzene rings is 1. The van der Waals surface area contributed by atoms with E-state index < -0.39 is 6.36 Å². The highest BCUT2D eigenvalue weighted by Gasteiger charge is 2.31. The van der Waals surface area contributed by atoms with Crippen molar-refractivity contribution in [3.05, 3.63) is 29.8 Å². The van der Waals surface area contributed by atoms with Crippen molar-refractivity contribution in [1.29, 1.82) is 0 Å². The zero-order valence-corrected chi connectivity index (χ0v) is 12.3. The molecule has 1 unspecified atom stereocenters. The summed E-state index contributed by atoms with van der Waals surface area (Å²) in [5.41, 5.74) is 0.895.